The molecule has 3 aromatic rings. The summed E-state index contributed by atoms with van der Waals surface area (Å²) in [5, 5.41) is 22.8. The molecule has 1 aromatic carbocycles. The number of amides is 1. The Hall–Kier alpha value is -4.41. The summed E-state index contributed by atoms with van der Waals surface area (Å²) < 4.78 is 10.5. The van der Waals surface area contributed by atoms with Gasteiger partial charge in [0, 0.05) is 0 Å². The van der Waals surface area contributed by atoms with Gasteiger partial charge in [-0.1, -0.05) is 18.2 Å². The van der Waals surface area contributed by atoms with Crippen molar-refractivity contribution in [3.05, 3.63) is 80.3 Å². The summed E-state index contributed by atoms with van der Waals surface area (Å²) in [7, 11) is 0. The van der Waals surface area contributed by atoms with Crippen LogP contribution in [0.15, 0.2) is 51.9 Å². The second-order valence-electron chi connectivity index (χ2n) is 5.93. The number of hydrogen-bond acceptors (Lipinski definition) is 8. The monoisotopic (exact) mass is 412 g/mol. The van der Waals surface area contributed by atoms with Crippen LogP contribution in [0, 0.1) is 10.1 Å². The van der Waals surface area contributed by atoms with Crippen LogP contribution >= 0.6 is 0 Å². The van der Waals surface area contributed by atoms with E-state index in [0.29, 0.717) is 17.1 Å². The number of aromatic hydroxyl groups is 1. The second kappa shape index (κ2) is 9.19. The molecule has 0 bridgehead atoms. The molecule has 154 valence electrons. The molecule has 0 atom stereocenters. The number of rotatable bonds is 8. The third kappa shape index (κ3) is 5.32. The lowest BCUT2D eigenvalue weighted by Crippen LogP contribution is -2.28. The zero-order valence-electron chi connectivity index (χ0n) is 15.4. The van der Waals surface area contributed by atoms with Gasteiger partial charge in [-0.3, -0.25) is 19.7 Å². The number of furan rings is 1. The first-order chi connectivity index (χ1) is 14.4. The van der Waals surface area contributed by atoms with Crippen molar-refractivity contribution in [3.8, 4) is 11.6 Å². The first-order valence-electron chi connectivity index (χ1n) is 8.60. The number of ether oxygens (including phenoxy) is 1. The SMILES string of the molecule is O=C(COc1ccc(/C=C/c2nc(O)c([N+](=O)[O-])c(=O)[nH]2)cc1)NCc1ccco1. The Balaban J connectivity index is 1.55. The smallest absolute Gasteiger partial charge is 0.395 e. The van der Waals surface area contributed by atoms with Gasteiger partial charge < -0.3 is 24.6 Å². The fourth-order valence-electron chi connectivity index (χ4n) is 2.36. The van der Waals surface area contributed by atoms with Crippen molar-refractivity contribution in [2.24, 2.45) is 0 Å². The van der Waals surface area contributed by atoms with Crippen molar-refractivity contribution in [3.63, 3.8) is 0 Å². The van der Waals surface area contributed by atoms with E-state index >= 15 is 0 Å². The maximum atomic E-state index is 11.8. The number of aromatic amines is 1. The fraction of sp³-hybridized carbons (Fsp3) is 0.105. The van der Waals surface area contributed by atoms with Gasteiger partial charge in [0.25, 0.3) is 11.8 Å². The van der Waals surface area contributed by atoms with Crippen molar-refractivity contribution >= 4 is 23.7 Å². The van der Waals surface area contributed by atoms with E-state index < -0.39 is 22.0 Å². The minimum absolute atomic E-state index is 0.0448. The molecule has 30 heavy (non-hydrogen) atoms. The number of aromatic nitrogens is 2. The summed E-state index contributed by atoms with van der Waals surface area (Å²) in [4.78, 5) is 38.8. The maximum Gasteiger partial charge on any atom is 0.395 e. The zero-order chi connectivity index (χ0) is 21.5. The molecule has 3 rings (SSSR count). The van der Waals surface area contributed by atoms with Crippen LogP contribution in [0.2, 0.25) is 0 Å². The van der Waals surface area contributed by atoms with Crippen molar-refractivity contribution in [1.82, 2.24) is 15.3 Å². The number of nitro groups is 1. The van der Waals surface area contributed by atoms with Gasteiger partial charge >= 0.3 is 11.2 Å². The highest BCUT2D eigenvalue weighted by molar-refractivity contribution is 5.77. The van der Waals surface area contributed by atoms with Crippen molar-refractivity contribution < 1.29 is 24.0 Å². The van der Waals surface area contributed by atoms with E-state index in [1.165, 1.54) is 12.3 Å². The molecule has 3 N–H and O–H groups in total. The van der Waals surface area contributed by atoms with E-state index in [9.17, 15) is 24.8 Å². The van der Waals surface area contributed by atoms with E-state index in [2.05, 4.69) is 15.3 Å². The van der Waals surface area contributed by atoms with Gasteiger partial charge in [-0.15, -0.1) is 0 Å². The average Bonchev–Trinajstić information content (AvgIpc) is 3.23. The van der Waals surface area contributed by atoms with Crippen molar-refractivity contribution in [1.29, 1.82) is 0 Å². The summed E-state index contributed by atoms with van der Waals surface area (Å²) in [6.45, 7) is 0.108. The zero-order valence-corrected chi connectivity index (χ0v) is 15.4. The highest BCUT2D eigenvalue weighted by Gasteiger charge is 2.21. The maximum absolute atomic E-state index is 11.8. The minimum Gasteiger partial charge on any atom is -0.488 e. The Kier molecular flexibility index (Phi) is 6.23. The molecule has 0 spiro atoms. The minimum atomic E-state index is -1.05. The number of hydrogen-bond donors (Lipinski definition) is 3. The van der Waals surface area contributed by atoms with Crippen LogP contribution in [0.4, 0.5) is 5.69 Å². The fourth-order valence-corrected chi connectivity index (χ4v) is 2.36. The third-order valence-electron chi connectivity index (χ3n) is 3.80. The Labute approximate surface area is 168 Å². The Morgan fingerprint density at radius 1 is 1.30 bits per heavy atom. The van der Waals surface area contributed by atoms with Crippen LogP contribution in [0.25, 0.3) is 12.2 Å². The topological polar surface area (TPSA) is 161 Å². The highest BCUT2D eigenvalue weighted by Crippen LogP contribution is 2.18. The molecule has 2 heterocycles. The predicted octanol–water partition coefficient (Wildman–Crippen LogP) is 1.84. The van der Waals surface area contributed by atoms with Crippen LogP contribution in [0.1, 0.15) is 17.1 Å². The van der Waals surface area contributed by atoms with Gasteiger partial charge in [0.1, 0.15) is 17.3 Å². The normalized spacial score (nSPS) is 10.8. The first kappa shape index (κ1) is 20.3. The molecule has 0 aliphatic rings. The molecule has 0 unspecified atom stereocenters. The van der Waals surface area contributed by atoms with E-state index in [-0.39, 0.29) is 24.9 Å². The largest absolute Gasteiger partial charge is 0.488 e. The second-order valence-corrected chi connectivity index (χ2v) is 5.93. The molecular weight excluding hydrogens is 396 g/mol. The van der Waals surface area contributed by atoms with Gasteiger partial charge in [-0.25, -0.2) is 0 Å². The number of carbonyl (C=O) groups is 1. The van der Waals surface area contributed by atoms with Gasteiger partial charge in [0.2, 0.25) is 0 Å². The molecule has 0 aliphatic carbocycles. The van der Waals surface area contributed by atoms with Crippen LogP contribution in [-0.2, 0) is 11.3 Å². The molecule has 0 fully saturated rings. The van der Waals surface area contributed by atoms with Crippen molar-refractivity contribution in [2.75, 3.05) is 6.61 Å². The summed E-state index contributed by atoms with van der Waals surface area (Å²) in [6, 6.07) is 10.1. The number of H-pyrrole nitrogens is 1. The quantitative estimate of drug-likeness (QED) is 0.373. The summed E-state index contributed by atoms with van der Waals surface area (Å²) >= 11 is 0. The van der Waals surface area contributed by atoms with Crippen molar-refractivity contribution in [2.45, 2.75) is 6.54 Å². The Bertz CT molecular complexity index is 1120. The predicted molar refractivity (Wildman–Crippen MR) is 105 cm³/mol. The number of carbonyl (C=O) groups excluding carboxylic acids is 1. The van der Waals surface area contributed by atoms with Gasteiger partial charge in [-0.05, 0) is 35.9 Å². The van der Waals surface area contributed by atoms with Crippen LogP contribution in [0.5, 0.6) is 11.6 Å². The van der Waals surface area contributed by atoms with Crippen LogP contribution < -0.4 is 15.6 Å². The molecule has 1 amide bonds. The van der Waals surface area contributed by atoms with E-state index in [1.54, 1.807) is 42.5 Å². The molecule has 0 aliphatic heterocycles. The summed E-state index contributed by atoms with van der Waals surface area (Å²) in [5.74, 6) is -0.200. The number of nitrogens with zero attached hydrogens (tertiary/aromatic N) is 2. The first-order valence-corrected chi connectivity index (χ1v) is 8.60. The molecule has 2 aromatic heterocycles. The van der Waals surface area contributed by atoms with Gasteiger partial charge in [-0.2, -0.15) is 4.98 Å². The summed E-state index contributed by atoms with van der Waals surface area (Å²) in [6.07, 6.45) is 4.47. The molecule has 0 saturated carbocycles. The highest BCUT2D eigenvalue weighted by atomic mass is 16.6. The number of benzene rings is 1. The molecule has 0 radical (unpaired) electrons. The Morgan fingerprint density at radius 2 is 2.07 bits per heavy atom. The average molecular weight is 412 g/mol. The van der Waals surface area contributed by atoms with Crippen LogP contribution in [0.3, 0.4) is 0 Å². The molecule has 11 nitrogen and oxygen atoms in total. The van der Waals surface area contributed by atoms with Gasteiger partial charge in [0.15, 0.2) is 6.61 Å². The van der Waals surface area contributed by atoms with Gasteiger partial charge in [0.05, 0.1) is 17.7 Å². The lowest BCUT2D eigenvalue weighted by Gasteiger charge is -2.07. The lowest BCUT2D eigenvalue weighted by atomic mass is 10.2. The Morgan fingerprint density at radius 3 is 2.70 bits per heavy atom. The molecule has 11 heteroatoms. The number of nitrogens with one attached hydrogen (secondary N) is 2. The van der Waals surface area contributed by atoms with E-state index in [1.807, 2.05) is 0 Å². The lowest BCUT2D eigenvalue weighted by molar-refractivity contribution is -0.387. The summed E-state index contributed by atoms with van der Waals surface area (Å²) in [5.41, 5.74) is -1.37. The standard InChI is InChI=1S/C19H16N4O7/c24-16(20-10-14-2-1-9-29-14)11-30-13-6-3-12(4-7-13)5-8-15-21-18(25)17(23(27)28)19(26)22-15/h1-9H,10-11H2,(H,20,24)(H2,21,22,25,26)/b8-5+. The molecular formula is C19H16N4O7. The molecule has 0 saturated heterocycles. The third-order valence-corrected chi connectivity index (χ3v) is 3.80. The van der Waals surface area contributed by atoms with E-state index in [0.717, 1.165) is 0 Å². The van der Waals surface area contributed by atoms with E-state index in [4.69, 9.17) is 9.15 Å². The van der Waals surface area contributed by atoms with Crippen LogP contribution in [-0.4, -0.2) is 32.5 Å².